The SMILES string of the molecule is CCCCCCCCCCCCCCCCCCCCCCCCO.O=C(O)CC(O)(CC(=O)O)C(=O)O.[H-].[K+]. The van der Waals surface area contributed by atoms with Crippen LogP contribution in [0.2, 0.25) is 0 Å². The maximum atomic E-state index is 10.3. The molecular weight excluding hydrogens is 527 g/mol. The van der Waals surface area contributed by atoms with Crippen LogP contribution in [0.25, 0.3) is 0 Å². The third-order valence-electron chi connectivity index (χ3n) is 6.80. The van der Waals surface area contributed by atoms with Gasteiger partial charge in [0.25, 0.3) is 0 Å². The first-order valence-corrected chi connectivity index (χ1v) is 15.2. The number of unbranched alkanes of at least 4 members (excludes halogenated alkanes) is 21. The number of carboxylic acid groups (broad SMARTS) is 3. The zero-order valence-electron chi connectivity index (χ0n) is 26.1. The molecule has 0 saturated carbocycles. The summed E-state index contributed by atoms with van der Waals surface area (Å²) in [5.41, 5.74) is -2.74. The zero-order chi connectivity index (χ0) is 28.9. The molecule has 0 aromatic carbocycles. The van der Waals surface area contributed by atoms with Crippen LogP contribution < -0.4 is 51.4 Å². The molecular formula is C30H59KO8. The molecule has 39 heavy (non-hydrogen) atoms. The Bertz CT molecular complexity index is 540. The van der Waals surface area contributed by atoms with E-state index in [1.807, 2.05) is 0 Å². The summed E-state index contributed by atoms with van der Waals surface area (Å²) in [6, 6.07) is 0. The van der Waals surface area contributed by atoms with Gasteiger partial charge in [-0.25, -0.2) is 4.79 Å². The molecule has 0 atom stereocenters. The number of aliphatic carboxylic acids is 3. The Morgan fingerprint density at radius 2 is 0.744 bits per heavy atom. The van der Waals surface area contributed by atoms with E-state index in [1.165, 1.54) is 135 Å². The number of hydrogen-bond acceptors (Lipinski definition) is 5. The fraction of sp³-hybridized carbons (Fsp3) is 0.900. The van der Waals surface area contributed by atoms with Crippen molar-refractivity contribution in [3.8, 4) is 0 Å². The van der Waals surface area contributed by atoms with Crippen molar-refractivity contribution in [1.82, 2.24) is 0 Å². The average Bonchev–Trinajstić information content (AvgIpc) is 2.84. The Balaban J connectivity index is -0.000000368. The van der Waals surface area contributed by atoms with Crippen LogP contribution in [0.1, 0.15) is 162 Å². The predicted octanol–water partition coefficient (Wildman–Crippen LogP) is 4.45. The molecule has 5 N–H and O–H groups in total. The zero-order valence-corrected chi connectivity index (χ0v) is 28.3. The van der Waals surface area contributed by atoms with Crippen molar-refractivity contribution in [3.05, 3.63) is 0 Å². The van der Waals surface area contributed by atoms with Crippen molar-refractivity contribution >= 4 is 17.9 Å². The molecule has 0 radical (unpaired) electrons. The van der Waals surface area contributed by atoms with Gasteiger partial charge in [0.15, 0.2) is 5.60 Å². The second-order valence-corrected chi connectivity index (χ2v) is 10.6. The first kappa shape index (κ1) is 43.4. The Labute approximate surface area is 281 Å². The minimum Gasteiger partial charge on any atom is -1.00 e. The van der Waals surface area contributed by atoms with Gasteiger partial charge in [-0.05, 0) is 6.42 Å². The Hall–Kier alpha value is -0.0336. The number of rotatable bonds is 27. The molecule has 0 amide bonds. The molecule has 0 aliphatic heterocycles. The van der Waals surface area contributed by atoms with Crippen molar-refractivity contribution in [3.63, 3.8) is 0 Å². The summed E-state index contributed by atoms with van der Waals surface area (Å²) < 4.78 is 0. The summed E-state index contributed by atoms with van der Waals surface area (Å²) in [5.74, 6) is -5.02. The van der Waals surface area contributed by atoms with Crippen molar-refractivity contribution in [1.29, 1.82) is 0 Å². The van der Waals surface area contributed by atoms with E-state index in [9.17, 15) is 14.4 Å². The van der Waals surface area contributed by atoms with Crippen LogP contribution in [0.5, 0.6) is 0 Å². The molecule has 0 heterocycles. The molecule has 0 aliphatic carbocycles. The normalized spacial score (nSPS) is 10.8. The van der Waals surface area contributed by atoms with E-state index in [0.717, 1.165) is 6.42 Å². The third-order valence-corrected chi connectivity index (χ3v) is 6.80. The maximum absolute atomic E-state index is 10.3. The minimum atomic E-state index is -2.74. The number of hydrogen-bond donors (Lipinski definition) is 5. The van der Waals surface area contributed by atoms with Crippen LogP contribution in [0.4, 0.5) is 0 Å². The second-order valence-electron chi connectivity index (χ2n) is 10.6. The first-order valence-electron chi connectivity index (χ1n) is 15.2. The number of aliphatic hydroxyl groups excluding tert-OH is 1. The molecule has 9 heteroatoms. The van der Waals surface area contributed by atoms with Crippen LogP contribution >= 0.6 is 0 Å². The molecule has 228 valence electrons. The molecule has 0 aromatic heterocycles. The Morgan fingerprint density at radius 1 is 0.513 bits per heavy atom. The summed E-state index contributed by atoms with van der Waals surface area (Å²) in [6.45, 7) is 2.67. The molecule has 0 saturated heterocycles. The van der Waals surface area contributed by atoms with Gasteiger partial charge < -0.3 is 27.0 Å². The van der Waals surface area contributed by atoms with E-state index < -0.39 is 36.4 Å². The van der Waals surface area contributed by atoms with Crippen molar-refractivity contribution in [2.75, 3.05) is 6.61 Å². The smallest absolute Gasteiger partial charge is 1.00 e. The van der Waals surface area contributed by atoms with Gasteiger partial charge in [0.1, 0.15) is 0 Å². The molecule has 0 unspecified atom stereocenters. The van der Waals surface area contributed by atoms with E-state index in [0.29, 0.717) is 6.61 Å². The van der Waals surface area contributed by atoms with Gasteiger partial charge in [-0.3, -0.25) is 9.59 Å². The van der Waals surface area contributed by atoms with Gasteiger partial charge in [-0.15, -0.1) is 0 Å². The molecule has 0 bridgehead atoms. The van der Waals surface area contributed by atoms with E-state index in [-0.39, 0.29) is 52.8 Å². The van der Waals surface area contributed by atoms with Crippen LogP contribution in [-0.2, 0) is 14.4 Å². The van der Waals surface area contributed by atoms with Gasteiger partial charge in [-0.2, -0.15) is 0 Å². The van der Waals surface area contributed by atoms with Gasteiger partial charge in [0.2, 0.25) is 0 Å². The van der Waals surface area contributed by atoms with Crippen molar-refractivity contribution < 1.29 is 92.7 Å². The van der Waals surface area contributed by atoms with E-state index >= 15 is 0 Å². The van der Waals surface area contributed by atoms with E-state index in [2.05, 4.69) is 6.92 Å². The largest absolute Gasteiger partial charge is 1.00 e. The van der Waals surface area contributed by atoms with E-state index in [4.69, 9.17) is 25.5 Å². The first-order chi connectivity index (χ1) is 18.2. The monoisotopic (exact) mass is 586 g/mol. The molecule has 0 rings (SSSR count). The Kier molecular flexibility index (Phi) is 36.2. The van der Waals surface area contributed by atoms with Gasteiger partial charge in [-0.1, -0.05) is 142 Å². The summed E-state index contributed by atoms with van der Waals surface area (Å²) in [5, 5.41) is 42.5. The standard InChI is InChI=1S/C24H50O.C6H8O7.K.H/c1-2-3-4-5-6-7-8-9-10-11-12-13-14-15-16-17-18-19-20-21-22-23-24-25;7-3(8)1-6(13,5(11)12)2-4(9)10;;/h25H,2-24H2,1H3;13H,1-2H2,(H,7,8)(H,9,10)(H,11,12);;/q;;+1;-1. The van der Waals surface area contributed by atoms with Crippen molar-refractivity contribution in [2.45, 2.75) is 167 Å². The molecule has 0 fully saturated rings. The quantitative estimate of drug-likeness (QED) is 0.0699. The maximum Gasteiger partial charge on any atom is 1.00 e. The predicted molar refractivity (Wildman–Crippen MR) is 153 cm³/mol. The number of carbonyl (C=O) groups is 3. The second kappa shape index (κ2) is 32.5. The summed E-state index contributed by atoms with van der Waals surface area (Å²) in [4.78, 5) is 30.5. The van der Waals surface area contributed by atoms with Crippen LogP contribution in [-0.4, -0.2) is 55.6 Å². The van der Waals surface area contributed by atoms with Crippen molar-refractivity contribution in [2.24, 2.45) is 0 Å². The number of carboxylic acids is 3. The topological polar surface area (TPSA) is 152 Å². The summed E-state index contributed by atoms with van der Waals surface area (Å²) >= 11 is 0. The third kappa shape index (κ3) is 34.1. The van der Waals surface area contributed by atoms with Crippen LogP contribution in [0, 0.1) is 0 Å². The van der Waals surface area contributed by atoms with E-state index in [1.54, 1.807) is 0 Å². The van der Waals surface area contributed by atoms with Crippen LogP contribution in [0.15, 0.2) is 0 Å². The van der Waals surface area contributed by atoms with Gasteiger partial charge >= 0.3 is 69.3 Å². The van der Waals surface area contributed by atoms with Gasteiger partial charge in [0, 0.05) is 6.61 Å². The summed E-state index contributed by atoms with van der Waals surface area (Å²) in [6.07, 6.45) is 28.8. The molecule has 0 spiro atoms. The molecule has 0 aliphatic rings. The average molecular weight is 587 g/mol. The summed E-state index contributed by atoms with van der Waals surface area (Å²) in [7, 11) is 0. The van der Waals surface area contributed by atoms with Crippen LogP contribution in [0.3, 0.4) is 0 Å². The fourth-order valence-electron chi connectivity index (χ4n) is 4.43. The molecule has 8 nitrogen and oxygen atoms in total. The molecule has 0 aromatic rings. The number of aliphatic hydroxyl groups is 2. The minimum absolute atomic E-state index is 0. The fourth-order valence-corrected chi connectivity index (χ4v) is 4.43. The Morgan fingerprint density at radius 3 is 0.923 bits per heavy atom. The van der Waals surface area contributed by atoms with Gasteiger partial charge in [0.05, 0.1) is 12.8 Å².